The van der Waals surface area contributed by atoms with Gasteiger partial charge in [0.05, 0.1) is 19.3 Å². The molecule has 0 saturated carbocycles. The number of rotatable bonds is 34. The van der Waals surface area contributed by atoms with E-state index in [1.807, 2.05) is 6.92 Å². The number of ether oxygens (including phenoxy) is 1. The second-order valence-corrected chi connectivity index (χ2v) is 13.0. The van der Waals surface area contributed by atoms with Crippen molar-refractivity contribution in [1.82, 2.24) is 5.06 Å². The van der Waals surface area contributed by atoms with Crippen LogP contribution in [-0.4, -0.2) is 47.1 Å². The summed E-state index contributed by atoms with van der Waals surface area (Å²) in [7, 11) is 0. The highest BCUT2D eigenvalue weighted by Crippen LogP contribution is 2.18. The lowest BCUT2D eigenvalue weighted by atomic mass is 9.96. The molecule has 252 valence electrons. The maximum Gasteiger partial charge on any atom is 0.249 e. The van der Waals surface area contributed by atoms with Crippen molar-refractivity contribution in [3.63, 3.8) is 0 Å². The number of hydrogen-bond donors (Lipinski definition) is 2. The molecule has 0 aromatic heterocycles. The van der Waals surface area contributed by atoms with E-state index < -0.39 is 6.10 Å². The zero-order valence-corrected chi connectivity index (χ0v) is 28.7. The van der Waals surface area contributed by atoms with Crippen LogP contribution in [0.5, 0.6) is 0 Å². The summed E-state index contributed by atoms with van der Waals surface area (Å²) in [5.74, 6) is -0.423. The van der Waals surface area contributed by atoms with E-state index in [0.29, 0.717) is 6.61 Å². The Morgan fingerprint density at radius 1 is 0.571 bits per heavy atom. The van der Waals surface area contributed by atoms with Gasteiger partial charge in [-0.05, 0) is 19.3 Å². The minimum atomic E-state index is -0.852. The molecule has 0 spiro atoms. The molecule has 0 rings (SSSR count). The van der Waals surface area contributed by atoms with Crippen LogP contribution in [0, 0.1) is 5.92 Å². The third kappa shape index (κ3) is 28.1. The van der Waals surface area contributed by atoms with Gasteiger partial charge < -0.3 is 9.84 Å². The monoisotopic (exact) mass is 598 g/mol. The largest absolute Gasteiger partial charge is 0.389 e. The Labute approximate surface area is 262 Å². The van der Waals surface area contributed by atoms with Gasteiger partial charge in [0.2, 0.25) is 5.91 Å². The summed E-state index contributed by atoms with van der Waals surface area (Å²) in [4.78, 5) is 12.7. The lowest BCUT2D eigenvalue weighted by Crippen LogP contribution is -2.40. The first-order valence-corrected chi connectivity index (χ1v) is 18.8. The zero-order chi connectivity index (χ0) is 30.9. The van der Waals surface area contributed by atoms with Gasteiger partial charge in [0, 0.05) is 12.5 Å². The standard InChI is InChI=1S/C37H75NO4/c1-4-7-9-11-13-15-17-19-20-22-24-26-28-30-32-42-34-36(39)33-38(41)37(40)35(6-3)31-29-27-25-23-21-18-16-14-12-10-8-5-2/h35-36,39,41H,4-34H2,1-3H3. The Morgan fingerprint density at radius 2 is 0.929 bits per heavy atom. The van der Waals surface area contributed by atoms with E-state index in [9.17, 15) is 15.1 Å². The van der Waals surface area contributed by atoms with Crippen LogP contribution in [0.4, 0.5) is 0 Å². The van der Waals surface area contributed by atoms with Gasteiger partial charge in [-0.3, -0.25) is 10.0 Å². The number of amides is 1. The Bertz CT molecular complexity index is 544. The number of nitrogens with zero attached hydrogens (tertiary/aromatic N) is 1. The van der Waals surface area contributed by atoms with Crippen molar-refractivity contribution < 1.29 is 19.8 Å². The van der Waals surface area contributed by atoms with Gasteiger partial charge in [-0.15, -0.1) is 0 Å². The fraction of sp³-hybridized carbons (Fsp3) is 0.973. The van der Waals surface area contributed by atoms with E-state index in [1.165, 1.54) is 141 Å². The first kappa shape index (κ1) is 41.4. The molecule has 0 radical (unpaired) electrons. The minimum Gasteiger partial charge on any atom is -0.389 e. The van der Waals surface area contributed by atoms with E-state index >= 15 is 0 Å². The van der Waals surface area contributed by atoms with Crippen molar-refractivity contribution in [2.45, 2.75) is 207 Å². The SMILES string of the molecule is CCCCCCCCCCCCCCCCOCC(O)CN(O)C(=O)C(CC)CCCCCCCCCCCCCC. The molecule has 0 bridgehead atoms. The van der Waals surface area contributed by atoms with Gasteiger partial charge in [0.25, 0.3) is 0 Å². The molecule has 2 N–H and O–H groups in total. The van der Waals surface area contributed by atoms with Crippen LogP contribution in [0.2, 0.25) is 0 Å². The Balaban J connectivity index is 3.63. The highest BCUT2D eigenvalue weighted by molar-refractivity contribution is 5.77. The molecule has 2 atom stereocenters. The number of hydrogen-bond acceptors (Lipinski definition) is 4. The third-order valence-corrected chi connectivity index (χ3v) is 8.84. The van der Waals surface area contributed by atoms with Crippen LogP contribution in [0.25, 0.3) is 0 Å². The van der Waals surface area contributed by atoms with Crippen molar-refractivity contribution >= 4 is 5.91 Å². The Hall–Kier alpha value is -0.650. The lowest BCUT2D eigenvalue weighted by molar-refractivity contribution is -0.177. The predicted octanol–water partition coefficient (Wildman–Crippen LogP) is 11.2. The number of aliphatic hydroxyl groups excluding tert-OH is 1. The topological polar surface area (TPSA) is 70.0 Å². The summed E-state index contributed by atoms with van der Waals surface area (Å²) in [5, 5.41) is 21.3. The molecule has 0 aliphatic heterocycles. The van der Waals surface area contributed by atoms with E-state index in [1.54, 1.807) is 0 Å². The highest BCUT2D eigenvalue weighted by atomic mass is 16.5. The molecule has 2 unspecified atom stereocenters. The van der Waals surface area contributed by atoms with E-state index in [4.69, 9.17) is 4.74 Å². The number of carbonyl (C=O) groups excluding carboxylic acids is 1. The van der Waals surface area contributed by atoms with E-state index in [-0.39, 0.29) is 25.0 Å². The number of carbonyl (C=O) groups is 1. The second-order valence-electron chi connectivity index (χ2n) is 13.0. The summed E-state index contributed by atoms with van der Waals surface area (Å²) in [6, 6.07) is 0. The first-order chi connectivity index (χ1) is 20.6. The highest BCUT2D eigenvalue weighted by Gasteiger charge is 2.23. The molecular weight excluding hydrogens is 522 g/mol. The molecule has 5 nitrogen and oxygen atoms in total. The minimum absolute atomic E-state index is 0.0769. The number of hydroxylamine groups is 2. The average molecular weight is 598 g/mol. The summed E-state index contributed by atoms with van der Waals surface area (Å²) >= 11 is 0. The van der Waals surface area contributed by atoms with Crippen molar-refractivity contribution in [2.24, 2.45) is 5.92 Å². The van der Waals surface area contributed by atoms with Crippen LogP contribution in [-0.2, 0) is 9.53 Å². The quantitative estimate of drug-likeness (QED) is 0.0440. The van der Waals surface area contributed by atoms with Gasteiger partial charge in [-0.1, -0.05) is 181 Å². The first-order valence-electron chi connectivity index (χ1n) is 18.8. The molecule has 5 heteroatoms. The van der Waals surface area contributed by atoms with Crippen LogP contribution in [0.3, 0.4) is 0 Å². The third-order valence-electron chi connectivity index (χ3n) is 8.84. The molecule has 0 saturated heterocycles. The van der Waals surface area contributed by atoms with Crippen molar-refractivity contribution in [3.8, 4) is 0 Å². The number of unbranched alkanes of at least 4 members (excludes halogenated alkanes) is 24. The molecule has 0 fully saturated rings. The fourth-order valence-corrected chi connectivity index (χ4v) is 5.91. The summed E-state index contributed by atoms with van der Waals surface area (Å²) < 4.78 is 5.62. The average Bonchev–Trinajstić information content (AvgIpc) is 2.99. The van der Waals surface area contributed by atoms with Crippen molar-refractivity contribution in [1.29, 1.82) is 0 Å². The van der Waals surface area contributed by atoms with Gasteiger partial charge in [0.15, 0.2) is 0 Å². The van der Waals surface area contributed by atoms with Crippen LogP contribution in [0.15, 0.2) is 0 Å². The Morgan fingerprint density at radius 3 is 1.31 bits per heavy atom. The molecule has 0 aliphatic carbocycles. The van der Waals surface area contributed by atoms with Gasteiger partial charge in [-0.2, -0.15) is 0 Å². The molecule has 0 aliphatic rings. The molecule has 1 amide bonds. The normalized spacial score (nSPS) is 13.0. The summed E-state index contributed by atoms with van der Waals surface area (Å²) in [6.45, 7) is 7.26. The molecule has 42 heavy (non-hydrogen) atoms. The van der Waals surface area contributed by atoms with Gasteiger partial charge >= 0.3 is 0 Å². The second kappa shape index (κ2) is 33.2. The van der Waals surface area contributed by atoms with Crippen molar-refractivity contribution in [2.75, 3.05) is 19.8 Å². The lowest BCUT2D eigenvalue weighted by Gasteiger charge is -2.23. The van der Waals surface area contributed by atoms with Crippen molar-refractivity contribution in [3.05, 3.63) is 0 Å². The maximum atomic E-state index is 12.7. The zero-order valence-electron chi connectivity index (χ0n) is 28.7. The predicted molar refractivity (Wildman–Crippen MR) is 180 cm³/mol. The summed E-state index contributed by atoms with van der Waals surface area (Å²) in [6.07, 6.45) is 34.9. The molecular formula is C37H75NO4. The molecule has 0 heterocycles. The van der Waals surface area contributed by atoms with E-state index in [2.05, 4.69) is 13.8 Å². The number of aliphatic hydroxyl groups is 1. The van der Waals surface area contributed by atoms with Crippen LogP contribution < -0.4 is 0 Å². The molecule has 0 aromatic carbocycles. The van der Waals surface area contributed by atoms with Crippen LogP contribution >= 0.6 is 0 Å². The fourth-order valence-electron chi connectivity index (χ4n) is 5.91. The van der Waals surface area contributed by atoms with Gasteiger partial charge in [0.1, 0.15) is 0 Å². The smallest absolute Gasteiger partial charge is 0.249 e. The molecule has 0 aromatic rings. The van der Waals surface area contributed by atoms with Crippen LogP contribution in [0.1, 0.15) is 201 Å². The Kier molecular flexibility index (Phi) is 32.7. The van der Waals surface area contributed by atoms with E-state index in [0.717, 1.165) is 43.6 Å². The maximum absolute atomic E-state index is 12.7. The van der Waals surface area contributed by atoms with Gasteiger partial charge in [-0.25, -0.2) is 5.06 Å². The summed E-state index contributed by atoms with van der Waals surface area (Å²) in [5.41, 5.74) is 0.